The van der Waals surface area contributed by atoms with Crippen LogP contribution >= 0.6 is 35.4 Å². The van der Waals surface area contributed by atoms with Crippen LogP contribution in [0.4, 0.5) is 0 Å². The van der Waals surface area contributed by atoms with Crippen LogP contribution in [0, 0.1) is 11.7 Å². The third-order valence-electron chi connectivity index (χ3n) is 3.20. The van der Waals surface area contributed by atoms with Crippen molar-refractivity contribution in [3.05, 3.63) is 50.7 Å². The molecule has 5 nitrogen and oxygen atoms in total. The molecule has 0 N–H and O–H groups in total. The quantitative estimate of drug-likeness (QED) is 0.657. The highest BCUT2D eigenvalue weighted by Gasteiger charge is 2.11. The Bertz CT molecular complexity index is 883. The largest absolute Gasteiger partial charge is 0.465 e. The predicted molar refractivity (Wildman–Crippen MR) is 88.9 cm³/mol. The first-order chi connectivity index (χ1) is 10.4. The van der Waals surface area contributed by atoms with Crippen LogP contribution in [0.1, 0.15) is 11.5 Å². The van der Waals surface area contributed by atoms with E-state index in [1.165, 1.54) is 0 Å². The number of pyridine rings is 1. The van der Waals surface area contributed by atoms with E-state index >= 15 is 0 Å². The summed E-state index contributed by atoms with van der Waals surface area (Å²) >= 11 is 17.6. The minimum absolute atomic E-state index is 0.474. The summed E-state index contributed by atoms with van der Waals surface area (Å²) in [6, 6.07) is 5.56. The maximum absolute atomic E-state index is 6.16. The number of furan rings is 1. The highest BCUT2D eigenvalue weighted by molar-refractivity contribution is 7.71. The molecule has 0 saturated heterocycles. The fourth-order valence-electron chi connectivity index (χ4n) is 2.25. The summed E-state index contributed by atoms with van der Waals surface area (Å²) in [6.45, 7) is 3.11. The van der Waals surface area contributed by atoms with E-state index in [1.807, 2.05) is 26.1 Å². The summed E-state index contributed by atoms with van der Waals surface area (Å²) in [4.78, 5) is 2.05. The van der Waals surface area contributed by atoms with Crippen molar-refractivity contribution in [2.24, 2.45) is 0 Å². The molecule has 116 valence electrons. The molecule has 0 spiro atoms. The van der Waals surface area contributed by atoms with Gasteiger partial charge in [-0.3, -0.25) is 9.30 Å². The maximum atomic E-state index is 6.16. The van der Waals surface area contributed by atoms with Gasteiger partial charge in [0.25, 0.3) is 0 Å². The molecular formula is C14H14Cl2N4OS. The molecular weight excluding hydrogens is 343 g/mol. The van der Waals surface area contributed by atoms with Crippen molar-refractivity contribution < 1.29 is 4.42 Å². The summed E-state index contributed by atoms with van der Waals surface area (Å²) in [5.74, 6) is 1.80. The van der Waals surface area contributed by atoms with E-state index < -0.39 is 0 Å². The molecule has 0 amide bonds. The number of hydrogen-bond donors (Lipinski definition) is 0. The minimum atomic E-state index is 0.474. The van der Waals surface area contributed by atoms with E-state index in [2.05, 4.69) is 10.00 Å². The molecule has 3 aromatic heterocycles. The Morgan fingerprint density at radius 2 is 2.14 bits per heavy atom. The molecule has 0 fully saturated rings. The average Bonchev–Trinajstić information content (AvgIpc) is 2.96. The number of fused-ring (bicyclic) bond motifs is 1. The molecule has 0 saturated carbocycles. The first-order valence-corrected chi connectivity index (χ1v) is 7.78. The number of aryl methyl sites for hydroxylation is 1. The number of nitrogens with zero attached hydrogens (tertiary/aromatic N) is 4. The lowest BCUT2D eigenvalue weighted by atomic mass is 10.4. The predicted octanol–water partition coefficient (Wildman–Crippen LogP) is 4.16. The van der Waals surface area contributed by atoms with Crippen molar-refractivity contribution >= 4 is 41.1 Å². The molecule has 0 aromatic carbocycles. The summed E-state index contributed by atoms with van der Waals surface area (Å²) in [5, 5.41) is 5.45. The lowest BCUT2D eigenvalue weighted by Crippen LogP contribution is -2.22. The van der Waals surface area contributed by atoms with Gasteiger partial charge < -0.3 is 4.42 Å². The monoisotopic (exact) mass is 356 g/mol. The van der Waals surface area contributed by atoms with Crippen LogP contribution in [-0.4, -0.2) is 26.1 Å². The lowest BCUT2D eigenvalue weighted by molar-refractivity contribution is 0.225. The molecule has 0 atom stereocenters. The van der Waals surface area contributed by atoms with Gasteiger partial charge in [0, 0.05) is 6.20 Å². The Morgan fingerprint density at radius 3 is 2.82 bits per heavy atom. The van der Waals surface area contributed by atoms with E-state index in [4.69, 9.17) is 39.8 Å². The smallest absolute Gasteiger partial charge is 0.203 e. The summed E-state index contributed by atoms with van der Waals surface area (Å²) in [5.41, 5.74) is 0.596. The second-order valence-corrected chi connectivity index (χ2v) is 6.36. The zero-order valence-electron chi connectivity index (χ0n) is 12.1. The molecule has 0 aliphatic rings. The normalized spacial score (nSPS) is 11.7. The second-order valence-electron chi connectivity index (χ2n) is 5.15. The van der Waals surface area contributed by atoms with Crippen molar-refractivity contribution in [3.63, 3.8) is 0 Å². The molecule has 3 heterocycles. The molecule has 0 aliphatic carbocycles. The number of hydrogen-bond acceptors (Lipinski definition) is 4. The second kappa shape index (κ2) is 6.04. The van der Waals surface area contributed by atoms with E-state index in [-0.39, 0.29) is 0 Å². The topological polar surface area (TPSA) is 38.6 Å². The SMILES string of the molecule is Cc1ccc(CN(C)Cn2nc3c(Cl)cc(Cl)cn3c2=S)o1. The Morgan fingerprint density at radius 1 is 1.36 bits per heavy atom. The molecule has 22 heavy (non-hydrogen) atoms. The van der Waals surface area contributed by atoms with Crippen molar-refractivity contribution in [1.29, 1.82) is 0 Å². The van der Waals surface area contributed by atoms with Crippen LogP contribution in [0.3, 0.4) is 0 Å². The Kier molecular flexibility index (Phi) is 4.27. The summed E-state index contributed by atoms with van der Waals surface area (Å²) in [7, 11) is 1.97. The van der Waals surface area contributed by atoms with Gasteiger partial charge in [-0.15, -0.1) is 5.10 Å². The van der Waals surface area contributed by atoms with Gasteiger partial charge in [-0.25, -0.2) is 4.68 Å². The van der Waals surface area contributed by atoms with Crippen LogP contribution in [0.15, 0.2) is 28.8 Å². The first kappa shape index (κ1) is 15.6. The zero-order valence-corrected chi connectivity index (χ0v) is 14.4. The molecule has 0 aliphatic heterocycles. The van der Waals surface area contributed by atoms with Crippen molar-refractivity contribution in [1.82, 2.24) is 19.1 Å². The number of rotatable bonds is 4. The molecule has 3 aromatic rings. The van der Waals surface area contributed by atoms with Gasteiger partial charge in [0.2, 0.25) is 4.77 Å². The molecule has 0 bridgehead atoms. The van der Waals surface area contributed by atoms with Gasteiger partial charge in [-0.2, -0.15) is 0 Å². The van der Waals surface area contributed by atoms with Crippen LogP contribution < -0.4 is 0 Å². The average molecular weight is 357 g/mol. The van der Waals surface area contributed by atoms with E-state index in [0.717, 1.165) is 11.5 Å². The third-order valence-corrected chi connectivity index (χ3v) is 4.09. The summed E-state index contributed by atoms with van der Waals surface area (Å²) in [6.07, 6.45) is 1.71. The first-order valence-electron chi connectivity index (χ1n) is 6.62. The Hall–Kier alpha value is -1.34. The number of aromatic nitrogens is 3. The lowest BCUT2D eigenvalue weighted by Gasteiger charge is -2.14. The van der Waals surface area contributed by atoms with Gasteiger partial charge in [-0.05, 0) is 44.4 Å². The molecule has 8 heteroatoms. The number of halogens is 2. The highest BCUT2D eigenvalue weighted by atomic mass is 35.5. The molecule has 0 unspecified atom stereocenters. The fourth-order valence-corrected chi connectivity index (χ4v) is 3.00. The third kappa shape index (κ3) is 3.05. The molecule has 3 rings (SSSR count). The van der Waals surface area contributed by atoms with Gasteiger partial charge >= 0.3 is 0 Å². The maximum Gasteiger partial charge on any atom is 0.203 e. The zero-order chi connectivity index (χ0) is 15.9. The van der Waals surface area contributed by atoms with Gasteiger partial charge in [0.1, 0.15) is 11.5 Å². The van der Waals surface area contributed by atoms with Gasteiger partial charge in [0.05, 0.1) is 23.3 Å². The van der Waals surface area contributed by atoms with E-state index in [0.29, 0.717) is 33.7 Å². The highest BCUT2D eigenvalue weighted by Crippen LogP contribution is 2.21. The standard InChI is InChI=1S/C14H14Cl2N4OS/c1-9-3-4-11(21-9)7-18(2)8-20-14(22)19-6-10(15)5-12(16)13(19)17-20/h3-6H,7-8H2,1-2H3. The van der Waals surface area contributed by atoms with Crippen LogP contribution in [0.2, 0.25) is 10.0 Å². The molecule has 0 radical (unpaired) electrons. The van der Waals surface area contributed by atoms with E-state index in [9.17, 15) is 0 Å². The van der Waals surface area contributed by atoms with Crippen LogP contribution in [-0.2, 0) is 13.2 Å². The van der Waals surface area contributed by atoms with Crippen molar-refractivity contribution in [3.8, 4) is 0 Å². The van der Waals surface area contributed by atoms with E-state index in [1.54, 1.807) is 21.3 Å². The fraction of sp³-hybridized carbons (Fsp3) is 0.286. The Balaban J connectivity index is 1.86. The minimum Gasteiger partial charge on any atom is -0.465 e. The Labute approximate surface area is 142 Å². The van der Waals surface area contributed by atoms with Crippen molar-refractivity contribution in [2.75, 3.05) is 7.05 Å². The van der Waals surface area contributed by atoms with Gasteiger partial charge in [0.15, 0.2) is 5.65 Å². The van der Waals surface area contributed by atoms with Crippen LogP contribution in [0.25, 0.3) is 5.65 Å². The van der Waals surface area contributed by atoms with Crippen molar-refractivity contribution in [2.45, 2.75) is 20.1 Å². The van der Waals surface area contributed by atoms with Gasteiger partial charge in [-0.1, -0.05) is 23.2 Å². The van der Waals surface area contributed by atoms with Crippen LogP contribution in [0.5, 0.6) is 0 Å². The summed E-state index contributed by atoms with van der Waals surface area (Å²) < 4.78 is 9.54.